The van der Waals surface area contributed by atoms with Gasteiger partial charge in [-0.25, -0.2) is 4.79 Å². The van der Waals surface area contributed by atoms with Gasteiger partial charge in [-0.05, 0) is 18.4 Å². The van der Waals surface area contributed by atoms with Gasteiger partial charge in [0.15, 0.2) is 6.04 Å². The molecule has 6 nitrogen and oxygen atoms in total. The fraction of sp³-hybridized carbons (Fsp3) is 0.467. The molecule has 2 N–H and O–H groups in total. The Morgan fingerprint density at radius 1 is 1.29 bits per heavy atom. The van der Waals surface area contributed by atoms with E-state index in [4.69, 9.17) is 9.47 Å². The van der Waals surface area contributed by atoms with Crippen molar-refractivity contribution in [3.8, 4) is 0 Å². The number of carbonyl (C=O) groups excluding carboxylic acids is 1. The van der Waals surface area contributed by atoms with Crippen molar-refractivity contribution in [1.29, 1.82) is 0 Å². The zero-order valence-electron chi connectivity index (χ0n) is 11.7. The van der Waals surface area contributed by atoms with Gasteiger partial charge in [-0.2, -0.15) is 0 Å². The first-order valence-corrected chi connectivity index (χ1v) is 6.93. The summed E-state index contributed by atoms with van der Waals surface area (Å²) in [6, 6.07) is 7.53. The molecule has 1 aliphatic heterocycles. The van der Waals surface area contributed by atoms with Crippen LogP contribution in [-0.2, 0) is 19.1 Å². The molecule has 114 valence electrons. The van der Waals surface area contributed by atoms with E-state index in [-0.39, 0.29) is 12.7 Å². The first kappa shape index (κ1) is 15.5. The Balaban J connectivity index is 1.85. The lowest BCUT2D eigenvalue weighted by atomic mass is 10.1. The van der Waals surface area contributed by atoms with Crippen molar-refractivity contribution in [2.75, 3.05) is 19.8 Å². The number of aliphatic carboxylic acids is 1. The smallest absolute Gasteiger partial charge is 0.330 e. The number of hydrogen-bond acceptors (Lipinski definition) is 4. The van der Waals surface area contributed by atoms with Crippen LogP contribution >= 0.6 is 0 Å². The van der Waals surface area contributed by atoms with Crippen LogP contribution in [0.5, 0.6) is 0 Å². The first-order chi connectivity index (χ1) is 10.2. The fourth-order valence-corrected chi connectivity index (χ4v) is 2.17. The summed E-state index contributed by atoms with van der Waals surface area (Å²) in [4.78, 5) is 23.1. The van der Waals surface area contributed by atoms with E-state index in [9.17, 15) is 14.7 Å². The summed E-state index contributed by atoms with van der Waals surface area (Å²) in [6.07, 6.45) is 1.52. The molecule has 0 radical (unpaired) electrons. The number of carboxylic acids is 1. The van der Waals surface area contributed by atoms with E-state index in [0.717, 1.165) is 12.8 Å². The normalized spacial score (nSPS) is 17.1. The van der Waals surface area contributed by atoms with Crippen molar-refractivity contribution in [1.82, 2.24) is 5.32 Å². The number of benzene rings is 1. The fourth-order valence-electron chi connectivity index (χ4n) is 2.17. The summed E-state index contributed by atoms with van der Waals surface area (Å²) >= 11 is 0. The lowest BCUT2D eigenvalue weighted by Gasteiger charge is -2.22. The molecule has 21 heavy (non-hydrogen) atoms. The molecule has 1 heterocycles. The van der Waals surface area contributed by atoms with Crippen molar-refractivity contribution in [2.24, 2.45) is 0 Å². The highest BCUT2D eigenvalue weighted by Crippen LogP contribution is 2.13. The van der Waals surface area contributed by atoms with Gasteiger partial charge in [-0.3, -0.25) is 4.79 Å². The Morgan fingerprint density at radius 2 is 1.95 bits per heavy atom. The monoisotopic (exact) mass is 293 g/mol. The lowest BCUT2D eigenvalue weighted by molar-refractivity contribution is -0.143. The van der Waals surface area contributed by atoms with Gasteiger partial charge in [-0.1, -0.05) is 30.3 Å². The van der Waals surface area contributed by atoms with Crippen LogP contribution in [0, 0.1) is 0 Å². The highest BCUT2D eigenvalue weighted by Gasteiger charge is 2.22. The lowest BCUT2D eigenvalue weighted by Crippen LogP contribution is -2.37. The van der Waals surface area contributed by atoms with Crippen LogP contribution in [0.15, 0.2) is 30.3 Å². The molecular weight excluding hydrogens is 274 g/mol. The summed E-state index contributed by atoms with van der Waals surface area (Å²) in [7, 11) is 0. The first-order valence-electron chi connectivity index (χ1n) is 6.93. The van der Waals surface area contributed by atoms with Gasteiger partial charge in [0.05, 0.1) is 6.10 Å². The second-order valence-electron chi connectivity index (χ2n) is 4.87. The van der Waals surface area contributed by atoms with E-state index in [1.807, 2.05) is 0 Å². The minimum absolute atomic E-state index is 0.00417. The average molecular weight is 293 g/mol. The molecule has 0 bridgehead atoms. The maximum Gasteiger partial charge on any atom is 0.330 e. The van der Waals surface area contributed by atoms with Crippen LogP contribution in [0.4, 0.5) is 0 Å². The molecule has 6 heteroatoms. The summed E-state index contributed by atoms with van der Waals surface area (Å²) in [5.74, 6) is -1.53. The van der Waals surface area contributed by atoms with Crippen LogP contribution in [0.3, 0.4) is 0 Å². The third-order valence-corrected chi connectivity index (χ3v) is 3.30. The molecule has 1 amide bonds. The van der Waals surface area contributed by atoms with E-state index < -0.39 is 17.9 Å². The van der Waals surface area contributed by atoms with E-state index in [1.165, 1.54) is 0 Å². The molecule has 0 spiro atoms. The van der Waals surface area contributed by atoms with Gasteiger partial charge in [0.25, 0.3) is 0 Å². The Hall–Kier alpha value is -1.92. The molecule has 2 rings (SSSR count). The molecule has 1 aromatic rings. The Labute approximate surface area is 123 Å². The highest BCUT2D eigenvalue weighted by molar-refractivity contribution is 5.85. The predicted molar refractivity (Wildman–Crippen MR) is 74.8 cm³/mol. The molecule has 1 aliphatic rings. The largest absolute Gasteiger partial charge is 0.479 e. The van der Waals surface area contributed by atoms with Gasteiger partial charge in [0.1, 0.15) is 6.61 Å². The number of amides is 1. The minimum atomic E-state index is -1.10. The number of carbonyl (C=O) groups is 2. The van der Waals surface area contributed by atoms with Crippen molar-refractivity contribution < 1.29 is 24.2 Å². The molecule has 0 aliphatic carbocycles. The van der Waals surface area contributed by atoms with E-state index in [0.29, 0.717) is 18.8 Å². The second kappa shape index (κ2) is 7.75. The number of rotatable bonds is 6. The van der Waals surface area contributed by atoms with Crippen LogP contribution in [-0.4, -0.2) is 42.9 Å². The summed E-state index contributed by atoms with van der Waals surface area (Å²) < 4.78 is 10.7. The summed E-state index contributed by atoms with van der Waals surface area (Å²) in [6.45, 7) is 1.13. The second-order valence-corrected chi connectivity index (χ2v) is 4.87. The predicted octanol–water partition coefficient (Wildman–Crippen LogP) is 1.12. The van der Waals surface area contributed by atoms with Crippen LogP contribution in [0.1, 0.15) is 24.4 Å². The maximum absolute atomic E-state index is 11.8. The molecule has 1 fully saturated rings. The molecule has 1 aromatic carbocycles. The zero-order valence-corrected chi connectivity index (χ0v) is 11.7. The summed E-state index contributed by atoms with van der Waals surface area (Å²) in [5, 5.41) is 11.7. The van der Waals surface area contributed by atoms with E-state index in [2.05, 4.69) is 5.32 Å². The third kappa shape index (κ3) is 4.84. The standard InChI is InChI=1S/C15H19NO5/c17-13(10-21-12-6-8-20-9-7-12)16-14(15(18)19)11-4-2-1-3-5-11/h1-5,12,14H,6-10H2,(H,16,17)(H,18,19)/t14-/m0/s1. The van der Waals surface area contributed by atoms with Crippen molar-refractivity contribution >= 4 is 11.9 Å². The molecule has 0 saturated carbocycles. The van der Waals surface area contributed by atoms with Gasteiger partial charge >= 0.3 is 5.97 Å². The number of carboxylic acid groups (broad SMARTS) is 1. The van der Waals surface area contributed by atoms with E-state index >= 15 is 0 Å². The molecule has 1 atom stereocenters. The van der Waals surface area contributed by atoms with Gasteiger partial charge in [0, 0.05) is 13.2 Å². The van der Waals surface area contributed by atoms with Crippen molar-refractivity contribution in [3.63, 3.8) is 0 Å². The molecule has 0 unspecified atom stereocenters. The van der Waals surface area contributed by atoms with E-state index in [1.54, 1.807) is 30.3 Å². The van der Waals surface area contributed by atoms with Gasteiger partial charge < -0.3 is 19.9 Å². The van der Waals surface area contributed by atoms with Gasteiger partial charge in [-0.15, -0.1) is 0 Å². The molecule has 0 aromatic heterocycles. The minimum Gasteiger partial charge on any atom is -0.479 e. The molecular formula is C15H19NO5. The maximum atomic E-state index is 11.8. The SMILES string of the molecule is O=C(COC1CCOCC1)N[C@H](C(=O)O)c1ccccc1. The highest BCUT2D eigenvalue weighted by atomic mass is 16.5. The molecule has 1 saturated heterocycles. The van der Waals surface area contributed by atoms with Crippen molar-refractivity contribution in [2.45, 2.75) is 25.0 Å². The van der Waals surface area contributed by atoms with Gasteiger partial charge in [0.2, 0.25) is 5.91 Å². The Morgan fingerprint density at radius 3 is 2.57 bits per heavy atom. The quantitative estimate of drug-likeness (QED) is 0.821. The van der Waals surface area contributed by atoms with Crippen LogP contribution < -0.4 is 5.32 Å². The van der Waals surface area contributed by atoms with Crippen molar-refractivity contribution in [3.05, 3.63) is 35.9 Å². The number of ether oxygens (including phenoxy) is 2. The average Bonchev–Trinajstić information content (AvgIpc) is 2.52. The summed E-state index contributed by atoms with van der Waals surface area (Å²) in [5.41, 5.74) is 0.532. The zero-order chi connectivity index (χ0) is 15.1. The van der Waals surface area contributed by atoms with Crippen LogP contribution in [0.2, 0.25) is 0 Å². The Kier molecular flexibility index (Phi) is 5.71. The number of hydrogen-bond donors (Lipinski definition) is 2. The Bertz CT molecular complexity index is 470. The topological polar surface area (TPSA) is 84.9 Å². The third-order valence-electron chi connectivity index (χ3n) is 3.30. The van der Waals surface area contributed by atoms with Crippen LogP contribution in [0.25, 0.3) is 0 Å². The number of nitrogens with one attached hydrogen (secondary N) is 1.